The molecule has 0 saturated heterocycles. The summed E-state index contributed by atoms with van der Waals surface area (Å²) in [6.07, 6.45) is 15.8. The molecular weight excluding hydrogens is 703 g/mol. The molecule has 3 heteroatoms. The third kappa shape index (κ3) is 5.73. The predicted molar refractivity (Wildman–Crippen MR) is 243 cm³/mol. The highest BCUT2D eigenvalue weighted by molar-refractivity contribution is 6.11. The Morgan fingerprint density at radius 2 is 1.09 bits per heavy atom. The van der Waals surface area contributed by atoms with Crippen LogP contribution >= 0.6 is 0 Å². The van der Waals surface area contributed by atoms with Gasteiger partial charge in [-0.2, -0.15) is 5.26 Å². The van der Waals surface area contributed by atoms with Gasteiger partial charge in [-0.15, -0.1) is 0 Å². The molecule has 2 aliphatic rings. The largest absolute Gasteiger partial charge is 0.309 e. The van der Waals surface area contributed by atoms with Gasteiger partial charge in [-0.1, -0.05) is 127 Å². The number of nitrogens with zero attached hydrogens (tertiary/aromatic N) is 3. The molecule has 0 spiro atoms. The van der Waals surface area contributed by atoms with Crippen LogP contribution in [0.15, 0.2) is 200 Å². The molecule has 9 aromatic rings. The quantitative estimate of drug-likeness (QED) is 0.167. The third-order valence-corrected chi connectivity index (χ3v) is 12.2. The van der Waals surface area contributed by atoms with Crippen LogP contribution in [0.4, 0.5) is 0 Å². The lowest BCUT2D eigenvalue weighted by Gasteiger charge is -2.16. The van der Waals surface area contributed by atoms with E-state index in [-0.39, 0.29) is 0 Å². The average molecular weight is 742 g/mol. The van der Waals surface area contributed by atoms with Gasteiger partial charge in [0.2, 0.25) is 0 Å². The van der Waals surface area contributed by atoms with Crippen LogP contribution in [0.25, 0.3) is 82.8 Å². The molecule has 0 bridgehead atoms. The first-order chi connectivity index (χ1) is 28.7. The van der Waals surface area contributed by atoms with Gasteiger partial charge in [0.25, 0.3) is 0 Å². The lowest BCUT2D eigenvalue weighted by molar-refractivity contribution is 0.852. The van der Waals surface area contributed by atoms with Gasteiger partial charge in [-0.3, -0.25) is 0 Å². The van der Waals surface area contributed by atoms with Crippen molar-refractivity contribution in [1.29, 1.82) is 5.26 Å². The van der Waals surface area contributed by atoms with E-state index in [4.69, 9.17) is 0 Å². The highest BCUT2D eigenvalue weighted by Crippen LogP contribution is 2.39. The van der Waals surface area contributed by atoms with Crippen LogP contribution in [0.2, 0.25) is 0 Å². The van der Waals surface area contributed by atoms with Gasteiger partial charge in [0, 0.05) is 44.4 Å². The number of fused-ring (bicyclic) bond motifs is 6. The van der Waals surface area contributed by atoms with Crippen LogP contribution < -0.4 is 0 Å². The standard InChI is InChI=1S/C55H39N3/c56-36-37-10-8-13-42(32-37)41-24-28-46(29-25-41)57-52-18-6-4-16-48(52)50-34-44(26-30-54(50)57)39-20-22-40(23-21-39)45-27-31-55-51(35-45)49-17-5-7-19-53(49)58(55)47-15-9-14-43(33-47)38-11-2-1-3-12-38/h1-7,9-11,14-35,38H,8,12-13H2. The molecule has 0 fully saturated rings. The SMILES string of the molecule is N#CC1=CCCC(c2ccc(-n3c4ccccc4c4cc(-c5ccc(-c6ccc7c(c6)c6ccccc6n7-c6cccc(C7C=CC=CC7)c6)cc5)ccc43)cc2)=C1. The fraction of sp³-hybridized carbons (Fsp3) is 0.0727. The zero-order chi connectivity index (χ0) is 38.6. The molecule has 274 valence electrons. The Bertz CT molecular complexity index is 3250. The van der Waals surface area contributed by atoms with Gasteiger partial charge in [0.05, 0.1) is 28.1 Å². The zero-order valence-electron chi connectivity index (χ0n) is 32.0. The number of hydrogen-bond donors (Lipinski definition) is 0. The summed E-state index contributed by atoms with van der Waals surface area (Å²) in [5.41, 5.74) is 16.4. The predicted octanol–water partition coefficient (Wildman–Crippen LogP) is 14.4. The van der Waals surface area contributed by atoms with E-state index in [1.54, 1.807) is 0 Å². The van der Waals surface area contributed by atoms with Crippen molar-refractivity contribution in [2.24, 2.45) is 0 Å². The number of para-hydroxylation sites is 2. The van der Waals surface area contributed by atoms with Crippen molar-refractivity contribution >= 4 is 49.2 Å². The van der Waals surface area contributed by atoms with Gasteiger partial charge in [0.15, 0.2) is 0 Å². The summed E-state index contributed by atoms with van der Waals surface area (Å²) in [4.78, 5) is 0. The maximum atomic E-state index is 9.43. The van der Waals surface area contributed by atoms with Crippen LogP contribution in [-0.4, -0.2) is 9.13 Å². The maximum absolute atomic E-state index is 9.43. The first kappa shape index (κ1) is 33.9. The van der Waals surface area contributed by atoms with Crippen molar-refractivity contribution in [2.75, 3.05) is 0 Å². The Labute approximate surface area is 338 Å². The summed E-state index contributed by atoms with van der Waals surface area (Å²) in [7, 11) is 0. The lowest BCUT2D eigenvalue weighted by atomic mass is 9.92. The van der Waals surface area contributed by atoms with Crippen LogP contribution in [0.1, 0.15) is 36.3 Å². The molecule has 2 heterocycles. The molecule has 11 rings (SSSR count). The van der Waals surface area contributed by atoms with Crippen molar-refractivity contribution in [3.63, 3.8) is 0 Å². The smallest absolute Gasteiger partial charge is 0.0988 e. The second-order valence-corrected chi connectivity index (χ2v) is 15.5. The number of allylic oxidation sites excluding steroid dienone is 8. The highest BCUT2D eigenvalue weighted by atomic mass is 15.0. The topological polar surface area (TPSA) is 33.6 Å². The van der Waals surface area contributed by atoms with Crippen molar-refractivity contribution in [2.45, 2.75) is 25.2 Å². The van der Waals surface area contributed by atoms with E-state index in [2.05, 4.69) is 197 Å². The Morgan fingerprint density at radius 3 is 1.71 bits per heavy atom. The Hall–Kier alpha value is -7.41. The van der Waals surface area contributed by atoms with E-state index in [0.717, 1.165) is 30.5 Å². The molecule has 1 atom stereocenters. The first-order valence-electron chi connectivity index (χ1n) is 20.2. The first-order valence-corrected chi connectivity index (χ1v) is 20.2. The highest BCUT2D eigenvalue weighted by Gasteiger charge is 2.17. The molecular formula is C55H39N3. The minimum Gasteiger partial charge on any atom is -0.309 e. The van der Waals surface area contributed by atoms with E-state index in [0.29, 0.717) is 5.92 Å². The van der Waals surface area contributed by atoms with Crippen LogP contribution in [0.3, 0.4) is 0 Å². The van der Waals surface area contributed by atoms with E-state index in [1.807, 2.05) is 12.2 Å². The van der Waals surface area contributed by atoms with E-state index >= 15 is 0 Å². The molecule has 0 N–H and O–H groups in total. The second kappa shape index (κ2) is 14.0. The second-order valence-electron chi connectivity index (χ2n) is 15.5. The van der Waals surface area contributed by atoms with Crippen molar-refractivity contribution < 1.29 is 0 Å². The number of hydrogen-bond acceptors (Lipinski definition) is 1. The minimum absolute atomic E-state index is 0.405. The molecule has 58 heavy (non-hydrogen) atoms. The Balaban J connectivity index is 0.927. The molecule has 0 radical (unpaired) electrons. The zero-order valence-corrected chi connectivity index (χ0v) is 32.0. The average Bonchev–Trinajstić information content (AvgIpc) is 3.82. The molecule has 2 aromatic heterocycles. The molecule has 0 saturated carbocycles. The summed E-state index contributed by atoms with van der Waals surface area (Å²) in [6.45, 7) is 0. The molecule has 2 aliphatic carbocycles. The Morgan fingerprint density at radius 1 is 0.500 bits per heavy atom. The number of benzene rings is 7. The lowest BCUT2D eigenvalue weighted by Crippen LogP contribution is -1.99. The molecule has 7 aromatic carbocycles. The van der Waals surface area contributed by atoms with Crippen LogP contribution in [0.5, 0.6) is 0 Å². The molecule has 1 unspecified atom stereocenters. The fourth-order valence-electron chi connectivity index (χ4n) is 9.27. The monoisotopic (exact) mass is 741 g/mol. The van der Waals surface area contributed by atoms with E-state index < -0.39 is 0 Å². The summed E-state index contributed by atoms with van der Waals surface area (Å²) >= 11 is 0. The molecule has 0 aliphatic heterocycles. The van der Waals surface area contributed by atoms with Crippen LogP contribution in [0, 0.1) is 11.3 Å². The van der Waals surface area contributed by atoms with Gasteiger partial charge in [-0.05, 0) is 125 Å². The van der Waals surface area contributed by atoms with E-state index in [1.165, 1.54) is 88.3 Å². The summed E-state index contributed by atoms with van der Waals surface area (Å²) in [5, 5.41) is 14.4. The fourth-order valence-corrected chi connectivity index (χ4v) is 9.27. The molecule has 0 amide bonds. The van der Waals surface area contributed by atoms with Gasteiger partial charge in [0.1, 0.15) is 0 Å². The van der Waals surface area contributed by atoms with Crippen molar-refractivity contribution in [3.05, 3.63) is 211 Å². The summed E-state index contributed by atoms with van der Waals surface area (Å²) < 4.78 is 4.79. The third-order valence-electron chi connectivity index (χ3n) is 12.2. The van der Waals surface area contributed by atoms with E-state index in [9.17, 15) is 5.26 Å². The van der Waals surface area contributed by atoms with Gasteiger partial charge < -0.3 is 9.13 Å². The maximum Gasteiger partial charge on any atom is 0.0988 e. The summed E-state index contributed by atoms with van der Waals surface area (Å²) in [6, 6.07) is 60.5. The number of nitriles is 1. The Kier molecular flexibility index (Phi) is 8.15. The normalized spacial score (nSPS) is 15.3. The molecule has 3 nitrogen and oxygen atoms in total. The van der Waals surface area contributed by atoms with Crippen molar-refractivity contribution in [3.8, 4) is 39.7 Å². The van der Waals surface area contributed by atoms with Gasteiger partial charge >= 0.3 is 0 Å². The van der Waals surface area contributed by atoms with Gasteiger partial charge in [-0.25, -0.2) is 0 Å². The van der Waals surface area contributed by atoms with Crippen molar-refractivity contribution in [1.82, 2.24) is 9.13 Å². The minimum atomic E-state index is 0.405. The number of rotatable bonds is 6. The summed E-state index contributed by atoms with van der Waals surface area (Å²) in [5.74, 6) is 0.405. The number of aromatic nitrogens is 2. The van der Waals surface area contributed by atoms with Crippen LogP contribution in [-0.2, 0) is 0 Å².